The molecule has 3 nitrogen and oxygen atoms in total. The van der Waals surface area contributed by atoms with E-state index in [-0.39, 0.29) is 0 Å². The van der Waals surface area contributed by atoms with Gasteiger partial charge in [0.2, 0.25) is 0 Å². The third-order valence-corrected chi connectivity index (χ3v) is 4.16. The molecule has 0 spiro atoms. The zero-order valence-corrected chi connectivity index (χ0v) is 13.1. The molecule has 22 heavy (non-hydrogen) atoms. The summed E-state index contributed by atoms with van der Waals surface area (Å²) in [5.41, 5.74) is 13.3. The van der Waals surface area contributed by atoms with E-state index in [2.05, 4.69) is 54.2 Å². The molecule has 2 aromatic rings. The summed E-state index contributed by atoms with van der Waals surface area (Å²) in [6, 6.07) is 12.6. The highest BCUT2D eigenvalue weighted by Crippen LogP contribution is 2.27. The standard InChI is InChI=1S/C19H21N3/c1-13-11-21-14(2)18(13)17-10-16(19(20)22-12-17)9-8-15-6-4-3-5-7-15/h3-7,10,12H,8-9,11H2,1-2H3,(H2,20,22). The summed E-state index contributed by atoms with van der Waals surface area (Å²) in [6.07, 6.45) is 3.74. The molecule has 0 fully saturated rings. The number of hydrogen-bond donors (Lipinski definition) is 1. The van der Waals surface area contributed by atoms with Crippen molar-refractivity contribution in [3.8, 4) is 0 Å². The molecular formula is C19H21N3. The largest absolute Gasteiger partial charge is 0.383 e. The fourth-order valence-electron chi connectivity index (χ4n) is 2.94. The van der Waals surface area contributed by atoms with Crippen LogP contribution in [0.1, 0.15) is 30.5 Å². The quantitative estimate of drug-likeness (QED) is 0.934. The lowest BCUT2D eigenvalue weighted by Gasteiger charge is -2.10. The summed E-state index contributed by atoms with van der Waals surface area (Å²) in [6.45, 7) is 4.99. The summed E-state index contributed by atoms with van der Waals surface area (Å²) in [5.74, 6) is 0.630. The summed E-state index contributed by atoms with van der Waals surface area (Å²) < 4.78 is 0. The number of anilines is 1. The lowest BCUT2D eigenvalue weighted by Crippen LogP contribution is -2.03. The van der Waals surface area contributed by atoms with Crippen LogP contribution in [0.15, 0.2) is 53.2 Å². The topological polar surface area (TPSA) is 51.3 Å². The van der Waals surface area contributed by atoms with E-state index in [1.165, 1.54) is 16.7 Å². The van der Waals surface area contributed by atoms with Crippen molar-refractivity contribution in [2.75, 3.05) is 12.3 Å². The van der Waals surface area contributed by atoms with Crippen molar-refractivity contribution in [2.45, 2.75) is 26.7 Å². The Morgan fingerprint density at radius 1 is 1.09 bits per heavy atom. The molecule has 1 aliphatic heterocycles. The Bertz CT molecular complexity index is 743. The lowest BCUT2D eigenvalue weighted by atomic mass is 9.97. The molecule has 0 unspecified atom stereocenters. The molecule has 112 valence electrons. The second-order valence-electron chi connectivity index (χ2n) is 5.81. The van der Waals surface area contributed by atoms with Gasteiger partial charge in [0.1, 0.15) is 5.82 Å². The molecule has 1 aliphatic rings. The number of allylic oxidation sites excluding steroid dienone is 1. The first-order valence-electron chi connectivity index (χ1n) is 7.65. The van der Waals surface area contributed by atoms with Crippen molar-refractivity contribution < 1.29 is 0 Å². The van der Waals surface area contributed by atoms with Gasteiger partial charge in [0, 0.05) is 23.0 Å². The van der Waals surface area contributed by atoms with Gasteiger partial charge in [-0.25, -0.2) is 4.98 Å². The number of rotatable bonds is 4. The van der Waals surface area contributed by atoms with Crippen LogP contribution in [0, 0.1) is 0 Å². The van der Waals surface area contributed by atoms with Gasteiger partial charge in [0.05, 0.1) is 6.54 Å². The summed E-state index contributed by atoms with van der Waals surface area (Å²) in [4.78, 5) is 8.90. The Balaban J connectivity index is 1.85. The normalized spacial score (nSPS) is 14.4. The van der Waals surface area contributed by atoms with Gasteiger partial charge in [0.15, 0.2) is 0 Å². The number of aliphatic imine (C=N–C) groups is 1. The average molecular weight is 291 g/mol. The molecule has 0 amide bonds. The van der Waals surface area contributed by atoms with Gasteiger partial charge in [-0.15, -0.1) is 0 Å². The van der Waals surface area contributed by atoms with Crippen LogP contribution in [-0.2, 0) is 12.8 Å². The van der Waals surface area contributed by atoms with Crippen LogP contribution in [0.2, 0.25) is 0 Å². The number of aryl methyl sites for hydroxylation is 2. The molecule has 2 N–H and O–H groups in total. The minimum absolute atomic E-state index is 0.630. The van der Waals surface area contributed by atoms with Crippen LogP contribution in [0.5, 0.6) is 0 Å². The van der Waals surface area contributed by atoms with Crippen molar-refractivity contribution in [1.82, 2.24) is 4.98 Å². The Morgan fingerprint density at radius 3 is 2.55 bits per heavy atom. The van der Waals surface area contributed by atoms with E-state index in [4.69, 9.17) is 5.73 Å². The van der Waals surface area contributed by atoms with E-state index in [1.54, 1.807) is 0 Å². The molecule has 1 aromatic carbocycles. The number of pyridine rings is 1. The van der Waals surface area contributed by atoms with E-state index in [0.717, 1.165) is 36.2 Å². The van der Waals surface area contributed by atoms with Crippen molar-refractivity contribution in [3.63, 3.8) is 0 Å². The predicted molar refractivity (Wildman–Crippen MR) is 93.1 cm³/mol. The van der Waals surface area contributed by atoms with E-state index in [1.807, 2.05) is 12.3 Å². The van der Waals surface area contributed by atoms with Crippen LogP contribution in [0.25, 0.3) is 5.57 Å². The summed E-state index contributed by atoms with van der Waals surface area (Å²) >= 11 is 0. The van der Waals surface area contributed by atoms with Crippen LogP contribution < -0.4 is 5.73 Å². The number of nitrogen functional groups attached to an aromatic ring is 1. The number of hydrogen-bond acceptors (Lipinski definition) is 3. The summed E-state index contributed by atoms with van der Waals surface area (Å²) in [5, 5.41) is 0. The minimum Gasteiger partial charge on any atom is -0.383 e. The van der Waals surface area contributed by atoms with Gasteiger partial charge < -0.3 is 5.73 Å². The van der Waals surface area contributed by atoms with Crippen LogP contribution in [-0.4, -0.2) is 17.2 Å². The molecule has 0 saturated carbocycles. The lowest BCUT2D eigenvalue weighted by molar-refractivity contribution is 0.953. The molecule has 0 bridgehead atoms. The number of nitrogens with zero attached hydrogens (tertiary/aromatic N) is 2. The van der Waals surface area contributed by atoms with Gasteiger partial charge in [-0.05, 0) is 49.5 Å². The van der Waals surface area contributed by atoms with Crippen LogP contribution in [0.4, 0.5) is 5.82 Å². The molecule has 3 rings (SSSR count). The molecule has 3 heteroatoms. The molecule has 0 saturated heterocycles. The van der Waals surface area contributed by atoms with Gasteiger partial charge in [-0.2, -0.15) is 0 Å². The summed E-state index contributed by atoms with van der Waals surface area (Å²) in [7, 11) is 0. The third-order valence-electron chi connectivity index (χ3n) is 4.16. The second kappa shape index (κ2) is 6.14. The average Bonchev–Trinajstić information content (AvgIpc) is 2.87. The van der Waals surface area contributed by atoms with Crippen molar-refractivity contribution in [3.05, 3.63) is 64.9 Å². The van der Waals surface area contributed by atoms with Crippen molar-refractivity contribution in [1.29, 1.82) is 0 Å². The number of nitrogens with two attached hydrogens (primary N) is 1. The Labute approximate surface area is 131 Å². The molecule has 0 atom stereocenters. The van der Waals surface area contributed by atoms with Crippen LogP contribution in [0.3, 0.4) is 0 Å². The van der Waals surface area contributed by atoms with Gasteiger partial charge >= 0.3 is 0 Å². The Kier molecular flexibility index (Phi) is 4.05. The smallest absolute Gasteiger partial charge is 0.126 e. The fraction of sp³-hybridized carbons (Fsp3) is 0.263. The van der Waals surface area contributed by atoms with Crippen molar-refractivity contribution in [2.24, 2.45) is 4.99 Å². The molecule has 2 heterocycles. The zero-order valence-electron chi connectivity index (χ0n) is 13.1. The Hall–Kier alpha value is -2.42. The fourth-order valence-corrected chi connectivity index (χ4v) is 2.94. The van der Waals surface area contributed by atoms with Crippen LogP contribution >= 0.6 is 0 Å². The van der Waals surface area contributed by atoms with E-state index < -0.39 is 0 Å². The van der Waals surface area contributed by atoms with E-state index >= 15 is 0 Å². The SMILES string of the molecule is CC1=NCC(C)=C1c1cnc(N)c(CCc2ccccc2)c1. The monoisotopic (exact) mass is 291 g/mol. The predicted octanol–water partition coefficient (Wildman–Crippen LogP) is 3.70. The van der Waals surface area contributed by atoms with Gasteiger partial charge in [0.25, 0.3) is 0 Å². The maximum Gasteiger partial charge on any atom is 0.126 e. The van der Waals surface area contributed by atoms with Gasteiger partial charge in [-0.1, -0.05) is 30.3 Å². The second-order valence-corrected chi connectivity index (χ2v) is 5.81. The van der Waals surface area contributed by atoms with E-state index in [9.17, 15) is 0 Å². The first-order chi connectivity index (χ1) is 10.6. The highest BCUT2D eigenvalue weighted by Gasteiger charge is 2.16. The molecule has 0 radical (unpaired) electrons. The minimum atomic E-state index is 0.630. The molecule has 1 aromatic heterocycles. The first kappa shape index (κ1) is 14.5. The number of aromatic nitrogens is 1. The number of benzene rings is 1. The molecule has 0 aliphatic carbocycles. The highest BCUT2D eigenvalue weighted by molar-refractivity contribution is 6.25. The van der Waals surface area contributed by atoms with Gasteiger partial charge in [-0.3, -0.25) is 4.99 Å². The molecular weight excluding hydrogens is 270 g/mol. The third kappa shape index (κ3) is 2.93. The van der Waals surface area contributed by atoms with E-state index in [0.29, 0.717) is 5.82 Å². The highest BCUT2D eigenvalue weighted by atomic mass is 14.8. The maximum atomic E-state index is 6.06. The maximum absolute atomic E-state index is 6.06. The first-order valence-corrected chi connectivity index (χ1v) is 7.65. The van der Waals surface area contributed by atoms with Crippen molar-refractivity contribution >= 4 is 17.1 Å². The zero-order chi connectivity index (χ0) is 15.5. The Morgan fingerprint density at radius 2 is 1.86 bits per heavy atom.